The molecular weight excluding hydrogens is 472 g/mol. The Morgan fingerprint density at radius 1 is 1.28 bits per heavy atom. The Bertz CT molecular complexity index is 1430. The summed E-state index contributed by atoms with van der Waals surface area (Å²) in [5, 5.41) is 1.00. The van der Waals surface area contributed by atoms with E-state index in [9.17, 15) is 13.2 Å². The zero-order valence-electron chi connectivity index (χ0n) is 17.1. The van der Waals surface area contributed by atoms with Gasteiger partial charge in [-0.25, -0.2) is 13.4 Å². The van der Waals surface area contributed by atoms with Gasteiger partial charge < -0.3 is 10.5 Å². The fourth-order valence-corrected chi connectivity index (χ4v) is 5.18. The Morgan fingerprint density at radius 2 is 2.03 bits per heavy atom. The number of sulfone groups is 1. The van der Waals surface area contributed by atoms with Gasteiger partial charge in [0, 0.05) is 23.0 Å². The molecule has 3 heterocycles. The summed E-state index contributed by atoms with van der Waals surface area (Å²) in [5.74, 6) is -0.664. The smallest absolute Gasteiger partial charge is 0.264 e. The molecule has 1 aromatic carbocycles. The second-order valence-corrected chi connectivity index (χ2v) is 10.8. The number of nitrogens with two attached hydrogens (primary N) is 1. The molecule has 0 saturated carbocycles. The molecule has 0 radical (unpaired) electrons. The van der Waals surface area contributed by atoms with E-state index in [4.69, 9.17) is 22.1 Å². The van der Waals surface area contributed by atoms with E-state index >= 15 is 0 Å². The molecule has 11 heteroatoms. The molecule has 1 unspecified atom stereocenters. The lowest BCUT2D eigenvalue weighted by Gasteiger charge is -2.15. The highest BCUT2D eigenvalue weighted by Gasteiger charge is 2.23. The van der Waals surface area contributed by atoms with Gasteiger partial charge in [0.1, 0.15) is 22.5 Å². The van der Waals surface area contributed by atoms with Crippen molar-refractivity contribution in [2.45, 2.75) is 18.8 Å². The molecule has 2 N–H and O–H groups in total. The third-order valence-corrected chi connectivity index (χ3v) is 6.94. The second-order valence-electron chi connectivity index (χ2n) is 7.28. The number of pyridine rings is 1. The highest BCUT2D eigenvalue weighted by Crippen LogP contribution is 2.36. The summed E-state index contributed by atoms with van der Waals surface area (Å²) in [6.45, 7) is 1.80. The third kappa shape index (κ3) is 4.62. The quantitative estimate of drug-likeness (QED) is 0.420. The summed E-state index contributed by atoms with van der Waals surface area (Å²) in [6, 6.07) is 10.7. The van der Waals surface area contributed by atoms with Crippen molar-refractivity contribution in [1.29, 1.82) is 0 Å². The van der Waals surface area contributed by atoms with Crippen molar-refractivity contribution in [2.24, 2.45) is 5.73 Å². The number of fused-ring (bicyclic) bond motifs is 1. The van der Waals surface area contributed by atoms with Gasteiger partial charge in [0.2, 0.25) is 5.88 Å². The molecule has 0 spiro atoms. The van der Waals surface area contributed by atoms with Crippen LogP contribution in [0.2, 0.25) is 5.02 Å². The first-order chi connectivity index (χ1) is 15.1. The van der Waals surface area contributed by atoms with Crippen molar-refractivity contribution in [3.05, 3.63) is 69.8 Å². The number of thiazole rings is 1. The molecule has 3 aromatic heterocycles. The number of imidazole rings is 1. The fourth-order valence-electron chi connectivity index (χ4n) is 3.26. The lowest BCUT2D eigenvalue weighted by Crippen LogP contribution is -2.12. The third-order valence-electron chi connectivity index (χ3n) is 4.67. The van der Waals surface area contributed by atoms with Gasteiger partial charge in [0.15, 0.2) is 14.7 Å². The zero-order valence-corrected chi connectivity index (χ0v) is 19.5. The van der Waals surface area contributed by atoms with Gasteiger partial charge in [-0.05, 0) is 24.6 Å². The Labute approximate surface area is 193 Å². The number of amides is 1. The van der Waals surface area contributed by atoms with Crippen LogP contribution in [0.3, 0.4) is 0 Å². The minimum absolute atomic E-state index is 0.103. The summed E-state index contributed by atoms with van der Waals surface area (Å²) >= 11 is 7.33. The van der Waals surface area contributed by atoms with Gasteiger partial charge in [0.25, 0.3) is 5.91 Å². The van der Waals surface area contributed by atoms with Crippen LogP contribution in [0.15, 0.2) is 48.8 Å². The molecule has 0 aliphatic heterocycles. The van der Waals surface area contributed by atoms with E-state index in [1.165, 1.54) is 6.26 Å². The number of hydrogen-bond acceptors (Lipinski definition) is 7. The summed E-state index contributed by atoms with van der Waals surface area (Å²) in [4.78, 5) is 21.1. The number of aromatic nitrogens is 3. The molecule has 4 rings (SSSR count). The van der Waals surface area contributed by atoms with E-state index in [1.807, 2.05) is 18.2 Å². The predicted molar refractivity (Wildman–Crippen MR) is 124 cm³/mol. The van der Waals surface area contributed by atoms with E-state index in [0.717, 1.165) is 16.9 Å². The van der Waals surface area contributed by atoms with Crippen molar-refractivity contribution in [2.75, 3.05) is 6.26 Å². The number of benzene rings is 1. The van der Waals surface area contributed by atoms with Crippen LogP contribution in [0.1, 0.15) is 33.8 Å². The summed E-state index contributed by atoms with van der Waals surface area (Å²) < 4.78 is 31.1. The van der Waals surface area contributed by atoms with Crippen LogP contribution in [-0.2, 0) is 15.6 Å². The van der Waals surface area contributed by atoms with E-state index in [2.05, 4.69) is 9.97 Å². The lowest BCUT2D eigenvalue weighted by molar-refractivity contribution is 0.0997. The highest BCUT2D eigenvalue weighted by molar-refractivity contribution is 7.89. The molecule has 32 heavy (non-hydrogen) atoms. The monoisotopic (exact) mass is 490 g/mol. The highest BCUT2D eigenvalue weighted by atomic mass is 35.5. The SMILES string of the molecule is CC(Oc1nc(-c2cnc3ccc(CS(C)(=O)=O)cn23)sc1C(N)=O)c1ccccc1Cl. The van der Waals surface area contributed by atoms with Gasteiger partial charge in [0.05, 0.1) is 11.9 Å². The van der Waals surface area contributed by atoms with Crippen molar-refractivity contribution in [3.8, 4) is 16.6 Å². The van der Waals surface area contributed by atoms with Gasteiger partial charge in [-0.3, -0.25) is 9.20 Å². The first-order valence-electron chi connectivity index (χ1n) is 9.48. The first-order valence-corrected chi connectivity index (χ1v) is 12.7. The molecule has 1 amide bonds. The van der Waals surface area contributed by atoms with Crippen LogP contribution in [0.25, 0.3) is 16.3 Å². The standard InChI is InChI=1S/C21H19ClN4O4S2/c1-12(14-5-3-4-6-15(14)22)30-20-18(19(23)27)31-21(25-20)16-9-24-17-8-7-13(10-26(16)17)11-32(2,28)29/h3-10,12H,11H2,1-2H3,(H2,23,27). The summed E-state index contributed by atoms with van der Waals surface area (Å²) in [7, 11) is -3.20. The Kier molecular flexibility index (Phi) is 5.93. The normalized spacial score (nSPS) is 12.7. The molecule has 1 atom stereocenters. The van der Waals surface area contributed by atoms with Crippen LogP contribution < -0.4 is 10.5 Å². The fraction of sp³-hybridized carbons (Fsp3) is 0.190. The topological polar surface area (TPSA) is 117 Å². The molecular formula is C21H19ClN4O4S2. The molecule has 0 bridgehead atoms. The van der Waals surface area contributed by atoms with E-state index < -0.39 is 21.8 Å². The second kappa shape index (κ2) is 8.53. The largest absolute Gasteiger partial charge is 0.469 e. The maximum Gasteiger partial charge on any atom is 0.264 e. The molecule has 0 aliphatic rings. The molecule has 166 valence electrons. The van der Waals surface area contributed by atoms with Crippen molar-refractivity contribution in [1.82, 2.24) is 14.4 Å². The number of hydrogen-bond donors (Lipinski definition) is 1. The molecule has 4 aromatic rings. The van der Waals surface area contributed by atoms with Crippen molar-refractivity contribution >= 4 is 44.3 Å². The van der Waals surface area contributed by atoms with E-state index in [0.29, 0.717) is 26.9 Å². The van der Waals surface area contributed by atoms with E-state index in [1.54, 1.807) is 41.9 Å². The van der Waals surface area contributed by atoms with Crippen LogP contribution in [0.5, 0.6) is 5.88 Å². The molecule has 8 nitrogen and oxygen atoms in total. The molecule has 0 fully saturated rings. The Hall–Kier alpha value is -2.95. The minimum Gasteiger partial charge on any atom is -0.469 e. The molecule has 0 saturated heterocycles. The Morgan fingerprint density at radius 3 is 2.72 bits per heavy atom. The van der Waals surface area contributed by atoms with Crippen LogP contribution >= 0.6 is 22.9 Å². The number of rotatable bonds is 7. The molecule has 0 aliphatic carbocycles. The predicted octanol–water partition coefficient (Wildman–Crippen LogP) is 3.89. The zero-order chi connectivity index (χ0) is 23.0. The van der Waals surface area contributed by atoms with Gasteiger partial charge in [-0.15, -0.1) is 11.3 Å². The van der Waals surface area contributed by atoms with Crippen LogP contribution in [-0.4, -0.2) is 34.9 Å². The number of nitrogens with zero attached hydrogens (tertiary/aromatic N) is 3. The maximum absolute atomic E-state index is 12.1. The summed E-state index contributed by atoms with van der Waals surface area (Å²) in [6.07, 6.45) is 4.00. The maximum atomic E-state index is 12.1. The average molecular weight is 491 g/mol. The van der Waals surface area contributed by atoms with Gasteiger partial charge in [-0.1, -0.05) is 35.9 Å². The van der Waals surface area contributed by atoms with E-state index in [-0.39, 0.29) is 16.5 Å². The average Bonchev–Trinajstić information content (AvgIpc) is 3.30. The van der Waals surface area contributed by atoms with Crippen LogP contribution in [0.4, 0.5) is 0 Å². The number of carbonyl (C=O) groups is 1. The van der Waals surface area contributed by atoms with Gasteiger partial charge in [-0.2, -0.15) is 4.98 Å². The lowest BCUT2D eigenvalue weighted by atomic mass is 10.1. The number of carbonyl (C=O) groups excluding carboxylic acids is 1. The number of halogens is 1. The minimum atomic E-state index is -3.20. The van der Waals surface area contributed by atoms with Crippen LogP contribution in [0, 0.1) is 0 Å². The first kappa shape index (κ1) is 22.3. The van der Waals surface area contributed by atoms with Crippen molar-refractivity contribution in [3.63, 3.8) is 0 Å². The number of primary amides is 1. The van der Waals surface area contributed by atoms with Crippen molar-refractivity contribution < 1.29 is 17.9 Å². The number of ether oxygens (including phenoxy) is 1. The summed E-state index contributed by atoms with van der Waals surface area (Å²) in [5.41, 5.74) is 8.12. The Balaban J connectivity index is 1.74. The van der Waals surface area contributed by atoms with Gasteiger partial charge >= 0.3 is 0 Å².